The predicted octanol–water partition coefficient (Wildman–Crippen LogP) is 2.35. The molecule has 1 aromatic carbocycles. The Balaban J connectivity index is 2.04. The third-order valence-electron chi connectivity index (χ3n) is 2.94. The van der Waals surface area contributed by atoms with Crippen LogP contribution in [-0.2, 0) is 21.3 Å². The molecule has 1 atom stereocenters. The summed E-state index contributed by atoms with van der Waals surface area (Å²) in [5.74, 6) is 0.483. The summed E-state index contributed by atoms with van der Waals surface area (Å²) in [6, 6.07) is 5.31. The van der Waals surface area contributed by atoms with Crippen molar-refractivity contribution in [2.75, 3.05) is 18.9 Å². The van der Waals surface area contributed by atoms with Crippen molar-refractivity contribution in [3.05, 3.63) is 28.8 Å². The summed E-state index contributed by atoms with van der Waals surface area (Å²) in [6.07, 6.45) is 1.74. The van der Waals surface area contributed by atoms with Crippen LogP contribution in [0.5, 0.6) is 0 Å². The van der Waals surface area contributed by atoms with E-state index >= 15 is 0 Å². The Hall–Kier alpha value is -0.580. The van der Waals surface area contributed by atoms with Crippen LogP contribution >= 0.6 is 11.6 Å². The first-order chi connectivity index (χ1) is 8.16. The normalized spacial score (nSPS) is 19.1. The molecule has 0 spiro atoms. The standard InChI is InChI=1S/C12H16ClNO2S/c13-10-1-2-12(14)9(7-10)8-17(15)11-3-5-16-6-4-11/h1-2,7,11H,3-6,8,14H2. The molecule has 1 fully saturated rings. The molecular formula is C12H16ClNO2S. The van der Waals surface area contributed by atoms with E-state index < -0.39 is 10.8 Å². The molecular weight excluding hydrogens is 258 g/mol. The second-order valence-corrected chi connectivity index (χ2v) is 6.33. The van der Waals surface area contributed by atoms with E-state index in [1.807, 2.05) is 0 Å². The molecule has 1 unspecified atom stereocenters. The largest absolute Gasteiger partial charge is 0.398 e. The first kappa shape index (κ1) is 12.9. The van der Waals surface area contributed by atoms with Gasteiger partial charge in [0.1, 0.15) is 0 Å². The molecule has 1 aliphatic heterocycles. The second kappa shape index (κ2) is 5.85. The third-order valence-corrected chi connectivity index (χ3v) is 4.99. The summed E-state index contributed by atoms with van der Waals surface area (Å²) < 4.78 is 17.5. The van der Waals surface area contributed by atoms with Gasteiger partial charge in [-0.2, -0.15) is 0 Å². The predicted molar refractivity (Wildman–Crippen MR) is 71.6 cm³/mol. The molecule has 0 saturated carbocycles. The zero-order chi connectivity index (χ0) is 12.3. The van der Waals surface area contributed by atoms with Gasteiger partial charge in [0.15, 0.2) is 0 Å². The zero-order valence-electron chi connectivity index (χ0n) is 9.52. The third kappa shape index (κ3) is 3.44. The highest BCUT2D eigenvalue weighted by Gasteiger charge is 2.20. The lowest BCUT2D eigenvalue weighted by atomic mass is 10.2. The summed E-state index contributed by atoms with van der Waals surface area (Å²) in [6.45, 7) is 1.42. The van der Waals surface area contributed by atoms with Crippen molar-refractivity contribution < 1.29 is 8.95 Å². The minimum Gasteiger partial charge on any atom is -0.398 e. The van der Waals surface area contributed by atoms with E-state index in [4.69, 9.17) is 22.1 Å². The maximum Gasteiger partial charge on any atom is 0.0509 e. The van der Waals surface area contributed by atoms with Crippen molar-refractivity contribution in [3.63, 3.8) is 0 Å². The van der Waals surface area contributed by atoms with Gasteiger partial charge in [0.25, 0.3) is 0 Å². The number of hydrogen-bond donors (Lipinski definition) is 1. The van der Waals surface area contributed by atoms with Crippen molar-refractivity contribution in [1.82, 2.24) is 0 Å². The number of nitrogen functional groups attached to an aromatic ring is 1. The average Bonchev–Trinajstić information content (AvgIpc) is 2.35. The molecule has 94 valence electrons. The lowest BCUT2D eigenvalue weighted by Crippen LogP contribution is -2.25. The maximum absolute atomic E-state index is 12.2. The van der Waals surface area contributed by atoms with E-state index in [0.29, 0.717) is 29.7 Å². The van der Waals surface area contributed by atoms with Gasteiger partial charge in [-0.05, 0) is 36.6 Å². The molecule has 0 aliphatic carbocycles. The number of nitrogens with two attached hydrogens (primary N) is 1. The molecule has 0 aromatic heterocycles. The molecule has 0 amide bonds. The lowest BCUT2D eigenvalue weighted by Gasteiger charge is -2.21. The highest BCUT2D eigenvalue weighted by molar-refractivity contribution is 7.84. The van der Waals surface area contributed by atoms with E-state index in [-0.39, 0.29) is 5.25 Å². The Morgan fingerprint density at radius 3 is 2.82 bits per heavy atom. The molecule has 1 aromatic rings. The zero-order valence-corrected chi connectivity index (χ0v) is 11.1. The number of benzene rings is 1. The Labute approximate surface area is 109 Å². The second-order valence-electron chi connectivity index (χ2n) is 4.18. The fraction of sp³-hybridized carbons (Fsp3) is 0.500. The summed E-state index contributed by atoms with van der Waals surface area (Å²) >= 11 is 5.91. The van der Waals surface area contributed by atoms with Gasteiger partial charge < -0.3 is 10.5 Å². The van der Waals surface area contributed by atoms with Gasteiger partial charge >= 0.3 is 0 Å². The highest BCUT2D eigenvalue weighted by atomic mass is 35.5. The smallest absolute Gasteiger partial charge is 0.0509 e. The SMILES string of the molecule is Nc1ccc(Cl)cc1CS(=O)C1CCOCC1. The van der Waals surface area contributed by atoms with Crippen molar-refractivity contribution in [3.8, 4) is 0 Å². The highest BCUT2D eigenvalue weighted by Crippen LogP contribution is 2.22. The summed E-state index contributed by atoms with van der Waals surface area (Å²) in [4.78, 5) is 0. The first-order valence-corrected chi connectivity index (χ1v) is 7.41. The van der Waals surface area contributed by atoms with Crippen LogP contribution in [0.15, 0.2) is 18.2 Å². The molecule has 17 heavy (non-hydrogen) atoms. The molecule has 1 saturated heterocycles. The number of ether oxygens (including phenoxy) is 1. The first-order valence-electron chi connectivity index (χ1n) is 5.65. The quantitative estimate of drug-likeness (QED) is 0.860. The minimum atomic E-state index is -0.895. The lowest BCUT2D eigenvalue weighted by molar-refractivity contribution is 0.0992. The Morgan fingerprint density at radius 2 is 2.12 bits per heavy atom. The molecule has 1 aliphatic rings. The van der Waals surface area contributed by atoms with Gasteiger partial charge in [-0.3, -0.25) is 4.21 Å². The summed E-state index contributed by atoms with van der Waals surface area (Å²) in [5, 5.41) is 0.861. The van der Waals surface area contributed by atoms with Crippen LogP contribution in [0.4, 0.5) is 5.69 Å². The molecule has 5 heteroatoms. The molecule has 2 N–H and O–H groups in total. The van der Waals surface area contributed by atoms with Crippen molar-refractivity contribution in [2.45, 2.75) is 23.8 Å². The van der Waals surface area contributed by atoms with Crippen LogP contribution in [-0.4, -0.2) is 22.7 Å². The van der Waals surface area contributed by atoms with Gasteiger partial charge in [0, 0.05) is 40.0 Å². The van der Waals surface area contributed by atoms with Crippen molar-refractivity contribution in [1.29, 1.82) is 0 Å². The van der Waals surface area contributed by atoms with E-state index in [0.717, 1.165) is 18.4 Å². The van der Waals surface area contributed by atoms with E-state index in [1.54, 1.807) is 18.2 Å². The Kier molecular flexibility index (Phi) is 4.42. The van der Waals surface area contributed by atoms with Gasteiger partial charge in [-0.1, -0.05) is 11.6 Å². The van der Waals surface area contributed by atoms with Crippen molar-refractivity contribution in [2.24, 2.45) is 0 Å². The maximum atomic E-state index is 12.2. The number of rotatable bonds is 3. The van der Waals surface area contributed by atoms with Crippen molar-refractivity contribution >= 4 is 28.1 Å². The van der Waals surface area contributed by atoms with Crippen LogP contribution in [0.3, 0.4) is 0 Å². The molecule has 0 radical (unpaired) electrons. The van der Waals surface area contributed by atoms with E-state index in [9.17, 15) is 4.21 Å². The van der Waals surface area contributed by atoms with Gasteiger partial charge in [-0.15, -0.1) is 0 Å². The monoisotopic (exact) mass is 273 g/mol. The van der Waals surface area contributed by atoms with E-state index in [2.05, 4.69) is 0 Å². The van der Waals surface area contributed by atoms with E-state index in [1.165, 1.54) is 0 Å². The summed E-state index contributed by atoms with van der Waals surface area (Å²) in [7, 11) is -0.895. The molecule has 2 rings (SSSR count). The molecule has 3 nitrogen and oxygen atoms in total. The number of halogens is 1. The van der Waals surface area contributed by atoms with Gasteiger partial charge in [-0.25, -0.2) is 0 Å². The van der Waals surface area contributed by atoms with Crippen LogP contribution in [0.25, 0.3) is 0 Å². The minimum absolute atomic E-state index is 0.224. The van der Waals surface area contributed by atoms with Crippen LogP contribution < -0.4 is 5.73 Å². The molecule has 1 heterocycles. The Bertz CT molecular complexity index is 419. The Morgan fingerprint density at radius 1 is 1.41 bits per heavy atom. The number of anilines is 1. The summed E-state index contributed by atoms with van der Waals surface area (Å²) in [5.41, 5.74) is 7.39. The average molecular weight is 274 g/mol. The van der Waals surface area contributed by atoms with Gasteiger partial charge in [0.05, 0.1) is 5.75 Å². The van der Waals surface area contributed by atoms with Crippen LogP contribution in [0, 0.1) is 0 Å². The number of hydrogen-bond acceptors (Lipinski definition) is 3. The topological polar surface area (TPSA) is 52.3 Å². The molecule has 0 bridgehead atoms. The van der Waals surface area contributed by atoms with Crippen LogP contribution in [0.2, 0.25) is 5.02 Å². The fourth-order valence-corrected chi connectivity index (χ4v) is 3.61. The van der Waals surface area contributed by atoms with Gasteiger partial charge in [0.2, 0.25) is 0 Å². The van der Waals surface area contributed by atoms with Crippen LogP contribution in [0.1, 0.15) is 18.4 Å². The fourth-order valence-electron chi connectivity index (χ4n) is 1.91.